The summed E-state index contributed by atoms with van der Waals surface area (Å²) in [6.07, 6.45) is 6.18. The number of aromatic hydroxyl groups is 2. The third-order valence-electron chi connectivity index (χ3n) is 4.18. The highest BCUT2D eigenvalue weighted by Gasteiger charge is 2.21. The minimum Gasteiger partial charge on any atom is -0.508 e. The lowest BCUT2D eigenvalue weighted by molar-refractivity contribution is -0.642. The predicted molar refractivity (Wildman–Crippen MR) is 104 cm³/mol. The van der Waals surface area contributed by atoms with E-state index in [4.69, 9.17) is 0 Å². The van der Waals surface area contributed by atoms with Gasteiger partial charge in [-0.3, -0.25) is 0 Å². The topological polar surface area (TPSA) is 47.6 Å². The van der Waals surface area contributed by atoms with E-state index in [1.807, 2.05) is 32.3 Å². The maximum Gasteiger partial charge on any atom is 0.262 e. The fourth-order valence-electron chi connectivity index (χ4n) is 2.83. The Kier molecular flexibility index (Phi) is 3.94. The van der Waals surface area contributed by atoms with Crippen LogP contribution in [0.3, 0.4) is 0 Å². The number of anilines is 1. The van der Waals surface area contributed by atoms with Crippen LogP contribution in [0.5, 0.6) is 11.5 Å². The van der Waals surface area contributed by atoms with Crippen LogP contribution in [0.2, 0.25) is 0 Å². The molecule has 0 bridgehead atoms. The molecule has 25 heavy (non-hydrogen) atoms. The van der Waals surface area contributed by atoms with Crippen LogP contribution in [0.25, 0.3) is 16.3 Å². The summed E-state index contributed by atoms with van der Waals surface area (Å²) in [6.45, 7) is 0. The molecule has 0 spiro atoms. The standard InChI is InChI=1S/C19H16N2O2S2/c1-20-14-8-6-12(22)10-16(14)24-18(20)4-3-5-19-21(2)15-9-7-13(23)11-17(15)25-19/h3-11H,1-2H3,(H-,22,23)/p+1. The van der Waals surface area contributed by atoms with Crippen molar-refractivity contribution in [3.63, 3.8) is 0 Å². The SMILES string of the molecule is CN1/C(=C\C=C\c2sc3cc(O)ccc3[n+]2C)Sc2cc(O)ccc21. The van der Waals surface area contributed by atoms with Crippen molar-refractivity contribution in [2.75, 3.05) is 11.9 Å². The summed E-state index contributed by atoms with van der Waals surface area (Å²) in [6, 6.07) is 10.9. The first kappa shape index (κ1) is 16.1. The summed E-state index contributed by atoms with van der Waals surface area (Å²) in [5, 5.41) is 21.5. The minimum atomic E-state index is 0.289. The van der Waals surface area contributed by atoms with Gasteiger partial charge in [0.25, 0.3) is 5.01 Å². The normalized spacial score (nSPS) is 15.6. The number of allylic oxidation sites excluding steroid dienone is 2. The third-order valence-corrected chi connectivity index (χ3v) is 6.51. The van der Waals surface area contributed by atoms with E-state index in [0.29, 0.717) is 0 Å². The number of hydrogen-bond acceptors (Lipinski definition) is 5. The van der Waals surface area contributed by atoms with Crippen molar-refractivity contribution in [2.24, 2.45) is 7.05 Å². The zero-order chi connectivity index (χ0) is 17.6. The summed E-state index contributed by atoms with van der Waals surface area (Å²) in [5.41, 5.74) is 2.20. The number of aromatic nitrogens is 1. The Labute approximate surface area is 154 Å². The van der Waals surface area contributed by atoms with Crippen LogP contribution >= 0.6 is 23.1 Å². The fraction of sp³-hybridized carbons (Fsp3) is 0.105. The van der Waals surface area contributed by atoms with E-state index < -0.39 is 0 Å². The molecule has 0 atom stereocenters. The Morgan fingerprint density at radius 1 is 1.08 bits per heavy atom. The Morgan fingerprint density at radius 2 is 1.84 bits per heavy atom. The molecule has 0 amide bonds. The van der Waals surface area contributed by atoms with E-state index in [1.54, 1.807) is 47.4 Å². The maximum absolute atomic E-state index is 9.63. The number of thioether (sulfide) groups is 1. The zero-order valence-electron chi connectivity index (χ0n) is 13.8. The molecule has 3 aromatic rings. The number of phenolic OH excluding ortho intramolecular Hbond substituents is 2. The molecule has 4 rings (SSSR count). The lowest BCUT2D eigenvalue weighted by Crippen LogP contribution is -2.28. The van der Waals surface area contributed by atoms with Gasteiger partial charge in [0.05, 0.1) is 10.7 Å². The van der Waals surface area contributed by atoms with Crippen molar-refractivity contribution in [1.29, 1.82) is 0 Å². The predicted octanol–water partition coefficient (Wildman–Crippen LogP) is 4.23. The maximum atomic E-state index is 9.63. The van der Waals surface area contributed by atoms with E-state index in [2.05, 4.69) is 21.6 Å². The van der Waals surface area contributed by atoms with Gasteiger partial charge in [-0.1, -0.05) is 29.2 Å². The van der Waals surface area contributed by atoms with E-state index >= 15 is 0 Å². The number of nitrogens with zero attached hydrogens (tertiary/aromatic N) is 2. The molecule has 1 aliphatic rings. The fourth-order valence-corrected chi connectivity index (χ4v) is 5.02. The lowest BCUT2D eigenvalue weighted by Gasteiger charge is -2.12. The molecule has 0 aliphatic carbocycles. The van der Waals surface area contributed by atoms with Crippen LogP contribution in [0, 0.1) is 0 Å². The molecule has 0 fully saturated rings. The number of benzene rings is 2. The summed E-state index contributed by atoms with van der Waals surface area (Å²) in [4.78, 5) is 3.18. The molecular formula is C19H17N2O2S2+. The number of thiazole rings is 1. The smallest absolute Gasteiger partial charge is 0.262 e. The highest BCUT2D eigenvalue weighted by Crippen LogP contribution is 2.46. The third kappa shape index (κ3) is 2.88. The molecule has 0 unspecified atom stereocenters. The van der Waals surface area contributed by atoms with Gasteiger partial charge in [0.2, 0.25) is 5.52 Å². The average molecular weight is 369 g/mol. The van der Waals surface area contributed by atoms with Crippen LogP contribution < -0.4 is 9.47 Å². The first-order valence-corrected chi connectivity index (χ1v) is 9.41. The van der Waals surface area contributed by atoms with E-state index in [-0.39, 0.29) is 11.5 Å². The second-order valence-corrected chi connectivity index (χ2v) is 7.95. The molecule has 1 aromatic heterocycles. The van der Waals surface area contributed by atoms with Crippen LogP contribution in [-0.2, 0) is 7.05 Å². The van der Waals surface area contributed by atoms with Gasteiger partial charge in [-0.05, 0) is 30.3 Å². The summed E-state index contributed by atoms with van der Waals surface area (Å²) in [5.74, 6) is 0.578. The van der Waals surface area contributed by atoms with Gasteiger partial charge < -0.3 is 15.1 Å². The van der Waals surface area contributed by atoms with Crippen LogP contribution in [0.4, 0.5) is 5.69 Å². The van der Waals surface area contributed by atoms with Gasteiger partial charge in [0.15, 0.2) is 0 Å². The van der Waals surface area contributed by atoms with Gasteiger partial charge >= 0.3 is 0 Å². The molecule has 6 heteroatoms. The Balaban J connectivity index is 1.61. The number of aryl methyl sites for hydroxylation is 1. The van der Waals surface area contributed by atoms with Gasteiger partial charge in [0, 0.05) is 30.2 Å². The number of fused-ring (bicyclic) bond motifs is 2. The molecule has 1 aliphatic heterocycles. The van der Waals surface area contributed by atoms with Crippen molar-refractivity contribution >= 4 is 45.1 Å². The molecule has 4 nitrogen and oxygen atoms in total. The largest absolute Gasteiger partial charge is 0.508 e. The van der Waals surface area contributed by atoms with Gasteiger partial charge in [-0.2, -0.15) is 4.57 Å². The highest BCUT2D eigenvalue weighted by molar-refractivity contribution is 8.03. The van der Waals surface area contributed by atoms with Crippen molar-refractivity contribution in [2.45, 2.75) is 4.90 Å². The van der Waals surface area contributed by atoms with Gasteiger partial charge in [-0.15, -0.1) is 0 Å². The average Bonchev–Trinajstić information content (AvgIpc) is 3.05. The van der Waals surface area contributed by atoms with Gasteiger partial charge in [0.1, 0.15) is 23.2 Å². The Bertz CT molecular complexity index is 1040. The van der Waals surface area contributed by atoms with Crippen LogP contribution in [-0.4, -0.2) is 17.3 Å². The van der Waals surface area contributed by atoms with Crippen molar-refractivity contribution in [1.82, 2.24) is 0 Å². The molecule has 2 N–H and O–H groups in total. The molecule has 126 valence electrons. The molecule has 0 saturated heterocycles. The summed E-state index contributed by atoms with van der Waals surface area (Å²) < 4.78 is 3.18. The molecule has 0 radical (unpaired) electrons. The number of hydrogen-bond donors (Lipinski definition) is 2. The molecular weight excluding hydrogens is 352 g/mol. The van der Waals surface area contributed by atoms with Crippen molar-refractivity contribution in [3.05, 3.63) is 58.6 Å². The van der Waals surface area contributed by atoms with Crippen LogP contribution in [0.15, 0.2) is 58.5 Å². The van der Waals surface area contributed by atoms with Crippen molar-refractivity contribution < 1.29 is 14.8 Å². The monoisotopic (exact) mass is 369 g/mol. The number of rotatable bonds is 2. The summed E-state index contributed by atoms with van der Waals surface area (Å²) >= 11 is 3.29. The quantitative estimate of drug-likeness (QED) is 0.664. The number of phenols is 2. The summed E-state index contributed by atoms with van der Waals surface area (Å²) in [7, 11) is 4.05. The zero-order valence-corrected chi connectivity index (χ0v) is 15.4. The first-order valence-electron chi connectivity index (χ1n) is 7.77. The van der Waals surface area contributed by atoms with E-state index in [0.717, 1.165) is 30.8 Å². The Morgan fingerprint density at radius 3 is 2.68 bits per heavy atom. The molecule has 2 heterocycles. The Hall–Kier alpha value is -2.44. The highest BCUT2D eigenvalue weighted by atomic mass is 32.2. The first-order chi connectivity index (χ1) is 12.0. The van der Waals surface area contributed by atoms with E-state index in [9.17, 15) is 10.2 Å². The molecule has 0 saturated carbocycles. The molecule has 2 aromatic carbocycles. The van der Waals surface area contributed by atoms with E-state index in [1.165, 1.54) is 0 Å². The van der Waals surface area contributed by atoms with Crippen LogP contribution in [0.1, 0.15) is 5.01 Å². The minimum absolute atomic E-state index is 0.289. The second kappa shape index (κ2) is 6.13. The van der Waals surface area contributed by atoms with Crippen molar-refractivity contribution in [3.8, 4) is 11.5 Å². The second-order valence-electron chi connectivity index (χ2n) is 5.83. The lowest BCUT2D eigenvalue weighted by atomic mass is 10.3. The van der Waals surface area contributed by atoms with Gasteiger partial charge in [-0.25, -0.2) is 0 Å².